The third kappa shape index (κ3) is 3.54. The number of nitrogens with zero attached hydrogens (tertiary/aromatic N) is 2. The van der Waals surface area contributed by atoms with Crippen LogP contribution in [0.25, 0.3) is 21.9 Å². The maximum atomic E-state index is 7.19. The average Bonchev–Trinajstić information content (AvgIpc) is 3.80. The van der Waals surface area contributed by atoms with Crippen LogP contribution in [0.3, 0.4) is 0 Å². The van der Waals surface area contributed by atoms with Crippen LogP contribution in [-0.4, -0.2) is 6.71 Å². The maximum absolute atomic E-state index is 7.19. The monoisotopic (exact) mass is 628 g/mol. The van der Waals surface area contributed by atoms with Gasteiger partial charge in [0.15, 0.2) is 0 Å². The van der Waals surface area contributed by atoms with E-state index in [1.807, 2.05) is 0 Å². The lowest BCUT2D eigenvalue weighted by Crippen LogP contribution is -2.60. The van der Waals surface area contributed by atoms with Crippen molar-refractivity contribution in [1.82, 2.24) is 0 Å². The van der Waals surface area contributed by atoms with Crippen molar-refractivity contribution >= 4 is 90.0 Å². The van der Waals surface area contributed by atoms with Crippen LogP contribution in [0.4, 0.5) is 34.1 Å². The lowest BCUT2D eigenvalue weighted by atomic mass is 9.38. The SMILES string of the molecule is Cc1cc2c3c(c1)N(c1cccc4oc5ccccc5c14)c1c(oc4c1CCCC4)B3c1sc3c(c1N2c1ccccc1)CCCC3. The lowest BCUT2D eigenvalue weighted by molar-refractivity contribution is 0.497. The van der Waals surface area contributed by atoms with Crippen LogP contribution in [0, 0.1) is 6.92 Å². The molecule has 3 aromatic heterocycles. The molecular weight excluding hydrogens is 595 g/mol. The molecule has 4 nitrogen and oxygen atoms in total. The van der Waals surface area contributed by atoms with Gasteiger partial charge in [-0.3, -0.25) is 0 Å². The van der Waals surface area contributed by atoms with Gasteiger partial charge in [0.1, 0.15) is 16.9 Å². The molecule has 0 spiro atoms. The quantitative estimate of drug-likeness (QED) is 0.179. The summed E-state index contributed by atoms with van der Waals surface area (Å²) in [4.78, 5) is 6.73. The molecule has 6 heteroatoms. The molecule has 0 bridgehead atoms. The van der Waals surface area contributed by atoms with Crippen molar-refractivity contribution < 1.29 is 8.83 Å². The molecule has 7 aromatic rings. The lowest BCUT2D eigenvalue weighted by Gasteiger charge is -2.42. The second-order valence-electron chi connectivity index (χ2n) is 13.8. The first-order chi connectivity index (χ1) is 23.2. The van der Waals surface area contributed by atoms with Gasteiger partial charge in [-0.05, 0) is 111 Å². The number of hydrogen-bond donors (Lipinski definition) is 0. The molecule has 11 rings (SSSR count). The normalized spacial score (nSPS) is 16.2. The van der Waals surface area contributed by atoms with Crippen LogP contribution in [0.2, 0.25) is 0 Å². The van der Waals surface area contributed by atoms with E-state index in [1.54, 1.807) is 10.4 Å². The van der Waals surface area contributed by atoms with Crippen LogP contribution in [0.15, 0.2) is 93.8 Å². The predicted molar refractivity (Wildman–Crippen MR) is 196 cm³/mol. The van der Waals surface area contributed by atoms with E-state index < -0.39 is 0 Å². The second kappa shape index (κ2) is 9.68. The molecule has 0 radical (unpaired) electrons. The zero-order chi connectivity index (χ0) is 30.8. The smallest absolute Gasteiger partial charge is 0.309 e. The fourth-order valence-corrected chi connectivity index (χ4v) is 10.6. The molecule has 0 amide bonds. The molecule has 0 N–H and O–H groups in total. The van der Waals surface area contributed by atoms with Crippen LogP contribution in [0.1, 0.15) is 53.0 Å². The first kappa shape index (κ1) is 26.4. The molecule has 5 heterocycles. The Morgan fingerprint density at radius 1 is 0.660 bits per heavy atom. The van der Waals surface area contributed by atoms with Crippen molar-refractivity contribution in [1.29, 1.82) is 0 Å². The van der Waals surface area contributed by atoms with Gasteiger partial charge in [0.2, 0.25) is 0 Å². The minimum absolute atomic E-state index is 0.0725. The summed E-state index contributed by atoms with van der Waals surface area (Å²) < 4.78 is 15.1. The van der Waals surface area contributed by atoms with Gasteiger partial charge in [-0.1, -0.05) is 42.5 Å². The zero-order valence-corrected chi connectivity index (χ0v) is 27.3. The van der Waals surface area contributed by atoms with Crippen molar-refractivity contribution in [2.24, 2.45) is 0 Å². The molecule has 4 aliphatic rings. The molecule has 0 saturated carbocycles. The molecule has 2 aliphatic heterocycles. The molecular formula is C41H33BN2O2S. The highest BCUT2D eigenvalue weighted by Crippen LogP contribution is 2.51. The molecule has 47 heavy (non-hydrogen) atoms. The number of anilines is 6. The van der Waals surface area contributed by atoms with E-state index in [0.717, 1.165) is 52.5 Å². The minimum Gasteiger partial charge on any atom is -0.473 e. The maximum Gasteiger partial charge on any atom is 0.309 e. The Labute approximate surface area is 278 Å². The number of rotatable bonds is 2. The Bertz CT molecular complexity index is 2420. The summed E-state index contributed by atoms with van der Waals surface area (Å²) in [5.41, 5.74) is 16.2. The minimum atomic E-state index is 0.0725. The van der Waals surface area contributed by atoms with Crippen molar-refractivity contribution in [3.63, 3.8) is 0 Å². The largest absolute Gasteiger partial charge is 0.473 e. The summed E-state index contributed by atoms with van der Waals surface area (Å²) in [6.07, 6.45) is 9.29. The topological polar surface area (TPSA) is 32.8 Å². The second-order valence-corrected chi connectivity index (χ2v) is 14.9. The summed E-state index contributed by atoms with van der Waals surface area (Å²) >= 11 is 2.06. The highest BCUT2D eigenvalue weighted by molar-refractivity contribution is 7.29. The van der Waals surface area contributed by atoms with E-state index in [9.17, 15) is 0 Å². The van der Waals surface area contributed by atoms with Gasteiger partial charge in [0, 0.05) is 44.1 Å². The highest BCUT2D eigenvalue weighted by atomic mass is 32.1. The number of aryl methyl sites for hydroxylation is 3. The van der Waals surface area contributed by atoms with Gasteiger partial charge >= 0.3 is 6.71 Å². The van der Waals surface area contributed by atoms with Crippen LogP contribution in [-0.2, 0) is 25.7 Å². The van der Waals surface area contributed by atoms with Gasteiger partial charge in [-0.2, -0.15) is 11.3 Å². The molecule has 2 aliphatic carbocycles. The number of fused-ring (bicyclic) bond motifs is 11. The van der Waals surface area contributed by atoms with Crippen molar-refractivity contribution in [3.05, 3.63) is 112 Å². The number of thiophene rings is 1. The van der Waals surface area contributed by atoms with E-state index in [0.29, 0.717) is 0 Å². The van der Waals surface area contributed by atoms with Gasteiger partial charge in [0.05, 0.1) is 28.1 Å². The third-order valence-electron chi connectivity index (χ3n) is 11.0. The summed E-state index contributed by atoms with van der Waals surface area (Å²) in [7, 11) is 0. The van der Waals surface area contributed by atoms with Crippen LogP contribution in [0.5, 0.6) is 0 Å². The Hall–Kier alpha value is -4.68. The molecule has 0 saturated heterocycles. The molecule has 0 unspecified atom stereocenters. The fourth-order valence-electron chi connectivity index (χ4n) is 9.11. The van der Waals surface area contributed by atoms with E-state index in [4.69, 9.17) is 8.83 Å². The van der Waals surface area contributed by atoms with Gasteiger partial charge < -0.3 is 18.6 Å². The summed E-state index contributed by atoms with van der Waals surface area (Å²) in [5, 5.41) is 2.32. The molecule has 4 aromatic carbocycles. The van der Waals surface area contributed by atoms with E-state index in [1.165, 1.54) is 87.7 Å². The first-order valence-corrected chi connectivity index (χ1v) is 18.0. The summed E-state index contributed by atoms with van der Waals surface area (Å²) in [6, 6.07) is 30.9. The average molecular weight is 629 g/mol. The highest BCUT2D eigenvalue weighted by Gasteiger charge is 2.50. The first-order valence-electron chi connectivity index (χ1n) is 17.2. The Balaban J connectivity index is 1.28. The van der Waals surface area contributed by atoms with Crippen molar-refractivity contribution in [2.75, 3.05) is 9.80 Å². The fraction of sp³-hybridized carbons (Fsp3) is 0.220. The van der Waals surface area contributed by atoms with Crippen molar-refractivity contribution in [2.45, 2.75) is 58.3 Å². The molecule has 0 atom stereocenters. The number of furan rings is 2. The Morgan fingerprint density at radius 2 is 1.40 bits per heavy atom. The van der Waals surface area contributed by atoms with E-state index in [-0.39, 0.29) is 6.71 Å². The summed E-state index contributed by atoms with van der Waals surface area (Å²) in [5.74, 6) is 1.19. The van der Waals surface area contributed by atoms with Gasteiger partial charge in [0.25, 0.3) is 0 Å². The molecule has 0 fully saturated rings. The number of hydrogen-bond acceptors (Lipinski definition) is 5. The number of para-hydroxylation sites is 2. The standard InChI is InChI=1S/C41H33BN2O2S/c1-24-22-30-37-31(23-24)44(29-17-11-20-34-36(29)26-14-5-8-18-32(26)45-34)38-27-15-6-9-19-33(27)46-40(38)42(37)41-39(28-16-7-10-21-35(28)47-41)43(30)25-12-3-2-4-13-25/h2-5,8,11-14,17-18,20,22-23H,6-7,9-10,15-16,19,21H2,1H3. The Kier molecular flexibility index (Phi) is 5.44. The van der Waals surface area contributed by atoms with Crippen LogP contribution >= 0.6 is 11.3 Å². The summed E-state index contributed by atoms with van der Waals surface area (Å²) in [6.45, 7) is 2.34. The predicted octanol–water partition coefficient (Wildman–Crippen LogP) is 9.39. The van der Waals surface area contributed by atoms with Gasteiger partial charge in [-0.15, -0.1) is 0 Å². The number of benzene rings is 4. The Morgan fingerprint density at radius 3 is 2.30 bits per heavy atom. The van der Waals surface area contributed by atoms with E-state index in [2.05, 4.69) is 113 Å². The third-order valence-corrected chi connectivity index (χ3v) is 12.3. The molecule has 228 valence electrons. The van der Waals surface area contributed by atoms with Crippen LogP contribution < -0.4 is 25.7 Å². The van der Waals surface area contributed by atoms with E-state index >= 15 is 0 Å². The van der Waals surface area contributed by atoms with Crippen molar-refractivity contribution in [3.8, 4) is 0 Å². The zero-order valence-electron chi connectivity index (χ0n) is 26.4. The van der Waals surface area contributed by atoms with Gasteiger partial charge in [-0.25, -0.2) is 0 Å².